The summed E-state index contributed by atoms with van der Waals surface area (Å²) < 4.78 is 32.7. The molecule has 8 nitrogen and oxygen atoms in total. The molecule has 1 fully saturated rings. The number of hydrogen-bond acceptors (Lipinski definition) is 6. The van der Waals surface area contributed by atoms with Gasteiger partial charge in [-0.15, -0.1) is 0 Å². The maximum Gasteiger partial charge on any atom is 0.269 e. The van der Waals surface area contributed by atoms with Crippen LogP contribution < -0.4 is 4.72 Å². The van der Waals surface area contributed by atoms with Gasteiger partial charge in [-0.25, -0.2) is 13.1 Å². The van der Waals surface area contributed by atoms with Crippen LogP contribution in [-0.2, 0) is 27.8 Å². The molecule has 0 spiro atoms. The number of nitro groups is 1. The minimum Gasteiger partial charge on any atom is -0.379 e. The van der Waals surface area contributed by atoms with Crippen LogP contribution in [0.15, 0.2) is 53.4 Å². The van der Waals surface area contributed by atoms with Crippen LogP contribution >= 0.6 is 0 Å². The Morgan fingerprint density at radius 2 is 1.74 bits per heavy atom. The maximum absolute atomic E-state index is 12.4. The summed E-state index contributed by atoms with van der Waals surface area (Å²) >= 11 is 0. The molecule has 0 atom stereocenters. The number of sulfonamides is 1. The lowest BCUT2D eigenvalue weighted by atomic mass is 10.1. The molecule has 2 aromatic rings. The molecule has 3 rings (SSSR count). The van der Waals surface area contributed by atoms with E-state index in [0.29, 0.717) is 0 Å². The van der Waals surface area contributed by atoms with Crippen molar-refractivity contribution in [2.75, 3.05) is 26.3 Å². The van der Waals surface area contributed by atoms with E-state index >= 15 is 0 Å². The zero-order chi connectivity index (χ0) is 19.3. The highest BCUT2D eigenvalue weighted by Crippen LogP contribution is 2.16. The fourth-order valence-corrected chi connectivity index (χ4v) is 3.88. The van der Waals surface area contributed by atoms with Crippen molar-refractivity contribution < 1.29 is 18.1 Å². The molecule has 9 heteroatoms. The van der Waals surface area contributed by atoms with Gasteiger partial charge in [0.2, 0.25) is 10.0 Å². The molecular formula is C18H21N3O5S. The van der Waals surface area contributed by atoms with Crippen molar-refractivity contribution in [1.82, 2.24) is 9.62 Å². The van der Waals surface area contributed by atoms with Gasteiger partial charge >= 0.3 is 0 Å². The Labute approximate surface area is 158 Å². The first-order valence-electron chi connectivity index (χ1n) is 8.56. The first-order chi connectivity index (χ1) is 12.9. The number of ether oxygens (including phenoxy) is 1. The van der Waals surface area contributed by atoms with E-state index in [1.54, 1.807) is 0 Å². The number of morpholine rings is 1. The summed E-state index contributed by atoms with van der Waals surface area (Å²) in [6.07, 6.45) is 0. The minimum atomic E-state index is -3.74. The Kier molecular flexibility index (Phi) is 6.17. The van der Waals surface area contributed by atoms with Gasteiger partial charge < -0.3 is 4.74 Å². The van der Waals surface area contributed by atoms with Crippen LogP contribution in [0, 0.1) is 10.1 Å². The molecule has 0 saturated carbocycles. The number of rotatable bonds is 7. The van der Waals surface area contributed by atoms with Crippen molar-refractivity contribution in [3.05, 3.63) is 69.8 Å². The topological polar surface area (TPSA) is 102 Å². The molecule has 1 aliphatic rings. The highest BCUT2D eigenvalue weighted by atomic mass is 32.2. The predicted molar refractivity (Wildman–Crippen MR) is 99.7 cm³/mol. The van der Waals surface area contributed by atoms with Crippen molar-refractivity contribution in [2.45, 2.75) is 18.0 Å². The highest BCUT2D eigenvalue weighted by molar-refractivity contribution is 7.89. The summed E-state index contributed by atoms with van der Waals surface area (Å²) in [6, 6.07) is 12.6. The molecule has 0 unspecified atom stereocenters. The highest BCUT2D eigenvalue weighted by Gasteiger charge is 2.16. The van der Waals surface area contributed by atoms with E-state index in [1.807, 2.05) is 24.3 Å². The molecule has 0 amide bonds. The Bertz CT molecular complexity index is 893. The van der Waals surface area contributed by atoms with Crippen LogP contribution in [0.3, 0.4) is 0 Å². The van der Waals surface area contributed by atoms with Gasteiger partial charge in [0.05, 0.1) is 23.0 Å². The van der Waals surface area contributed by atoms with Gasteiger partial charge in [0, 0.05) is 38.3 Å². The summed E-state index contributed by atoms with van der Waals surface area (Å²) in [4.78, 5) is 12.4. The summed E-state index contributed by atoms with van der Waals surface area (Å²) in [6.45, 7) is 4.18. The van der Waals surface area contributed by atoms with Gasteiger partial charge in [0.25, 0.3) is 5.69 Å². The van der Waals surface area contributed by atoms with Gasteiger partial charge in [-0.2, -0.15) is 0 Å². The number of nitro benzene ring substituents is 1. The molecule has 0 radical (unpaired) electrons. The molecule has 2 aromatic carbocycles. The lowest BCUT2D eigenvalue weighted by Gasteiger charge is -2.26. The van der Waals surface area contributed by atoms with E-state index in [2.05, 4.69) is 9.62 Å². The molecule has 0 aliphatic carbocycles. The van der Waals surface area contributed by atoms with Gasteiger partial charge in [-0.1, -0.05) is 24.3 Å². The smallest absolute Gasteiger partial charge is 0.269 e. The lowest BCUT2D eigenvalue weighted by molar-refractivity contribution is -0.384. The average Bonchev–Trinajstić information content (AvgIpc) is 2.68. The number of benzene rings is 2. The molecular weight excluding hydrogens is 370 g/mol. The third-order valence-electron chi connectivity index (χ3n) is 4.33. The Morgan fingerprint density at radius 3 is 2.41 bits per heavy atom. The molecule has 1 N–H and O–H groups in total. The zero-order valence-corrected chi connectivity index (χ0v) is 15.5. The number of non-ortho nitro benzene ring substituents is 1. The van der Waals surface area contributed by atoms with Gasteiger partial charge in [0.15, 0.2) is 0 Å². The van der Waals surface area contributed by atoms with E-state index in [9.17, 15) is 18.5 Å². The van der Waals surface area contributed by atoms with Gasteiger partial charge in [-0.05, 0) is 23.3 Å². The third-order valence-corrected chi connectivity index (χ3v) is 5.74. The Morgan fingerprint density at radius 1 is 1.07 bits per heavy atom. The Hall–Kier alpha value is -2.33. The molecule has 0 aromatic heterocycles. The number of nitrogens with zero attached hydrogens (tertiary/aromatic N) is 2. The van der Waals surface area contributed by atoms with E-state index in [4.69, 9.17) is 4.74 Å². The van der Waals surface area contributed by atoms with Crippen molar-refractivity contribution in [2.24, 2.45) is 0 Å². The second-order valence-corrected chi connectivity index (χ2v) is 8.05. The van der Waals surface area contributed by atoms with E-state index in [1.165, 1.54) is 24.3 Å². The second kappa shape index (κ2) is 8.57. The van der Waals surface area contributed by atoms with E-state index < -0.39 is 14.9 Å². The van der Waals surface area contributed by atoms with Crippen LogP contribution in [0.5, 0.6) is 0 Å². The van der Waals surface area contributed by atoms with Crippen LogP contribution in [0.4, 0.5) is 5.69 Å². The monoisotopic (exact) mass is 391 g/mol. The molecule has 1 aliphatic heterocycles. The van der Waals surface area contributed by atoms with Crippen LogP contribution in [0.2, 0.25) is 0 Å². The van der Waals surface area contributed by atoms with Crippen molar-refractivity contribution in [1.29, 1.82) is 0 Å². The SMILES string of the molecule is O=[N+]([O-])c1ccc(S(=O)(=O)NCc2cccc(CN3CCOCC3)c2)cc1. The molecule has 1 heterocycles. The van der Waals surface area contributed by atoms with Gasteiger partial charge in [-0.3, -0.25) is 15.0 Å². The quantitative estimate of drug-likeness (QED) is 0.571. The van der Waals surface area contributed by atoms with Crippen molar-refractivity contribution in [3.8, 4) is 0 Å². The van der Waals surface area contributed by atoms with Gasteiger partial charge in [0.1, 0.15) is 0 Å². The van der Waals surface area contributed by atoms with E-state index in [0.717, 1.165) is 44.0 Å². The first kappa shape index (κ1) is 19.4. The summed E-state index contributed by atoms with van der Waals surface area (Å²) in [5, 5.41) is 10.7. The summed E-state index contributed by atoms with van der Waals surface area (Å²) in [7, 11) is -3.74. The normalized spacial score (nSPS) is 15.6. The number of hydrogen-bond donors (Lipinski definition) is 1. The molecule has 144 valence electrons. The molecule has 27 heavy (non-hydrogen) atoms. The van der Waals surface area contributed by atoms with Crippen LogP contribution in [0.1, 0.15) is 11.1 Å². The zero-order valence-electron chi connectivity index (χ0n) is 14.7. The average molecular weight is 391 g/mol. The fraction of sp³-hybridized carbons (Fsp3) is 0.333. The first-order valence-corrected chi connectivity index (χ1v) is 10.0. The fourth-order valence-electron chi connectivity index (χ4n) is 2.86. The standard InChI is InChI=1S/C18H21N3O5S/c22-21(23)17-4-6-18(7-5-17)27(24,25)19-13-15-2-1-3-16(12-15)14-20-8-10-26-11-9-20/h1-7,12,19H,8-11,13-14H2. The molecule has 0 bridgehead atoms. The summed E-state index contributed by atoms with van der Waals surface area (Å²) in [5.41, 5.74) is 1.82. The Balaban J connectivity index is 1.63. The van der Waals surface area contributed by atoms with E-state index in [-0.39, 0.29) is 17.1 Å². The van der Waals surface area contributed by atoms with Crippen molar-refractivity contribution >= 4 is 15.7 Å². The molecule has 1 saturated heterocycles. The largest absolute Gasteiger partial charge is 0.379 e. The predicted octanol–water partition coefficient (Wildman–Crippen LogP) is 1.91. The maximum atomic E-state index is 12.4. The van der Waals surface area contributed by atoms with Crippen molar-refractivity contribution in [3.63, 3.8) is 0 Å². The third kappa shape index (κ3) is 5.33. The van der Waals surface area contributed by atoms with Crippen LogP contribution in [0.25, 0.3) is 0 Å². The lowest BCUT2D eigenvalue weighted by Crippen LogP contribution is -2.35. The second-order valence-electron chi connectivity index (χ2n) is 6.28. The summed E-state index contributed by atoms with van der Waals surface area (Å²) in [5.74, 6) is 0. The minimum absolute atomic E-state index is 0.00225. The number of nitrogens with one attached hydrogen (secondary N) is 1. The van der Waals surface area contributed by atoms with Crippen LogP contribution in [-0.4, -0.2) is 44.5 Å².